The molecule has 108 valence electrons. The average molecular weight is 279 g/mol. The fourth-order valence-electron chi connectivity index (χ4n) is 3.16. The molecule has 0 aromatic heterocycles. The van der Waals surface area contributed by atoms with Gasteiger partial charge in [-0.05, 0) is 24.1 Å². The van der Waals surface area contributed by atoms with E-state index in [1.54, 1.807) is 0 Å². The standard InChI is InChI=1S/C19H21NO/c1-2-3-14-17-18(15-10-6-4-7-11-15)20(19(17)21)16-12-8-5-9-13-16/h4-13,17-18H,2-3,14H2,1H3/t17-,18+/m1/s1. The lowest BCUT2D eigenvalue weighted by Gasteiger charge is -2.47. The van der Waals surface area contributed by atoms with Gasteiger partial charge in [0.1, 0.15) is 0 Å². The highest BCUT2D eigenvalue weighted by Gasteiger charge is 2.47. The third-order valence-electron chi connectivity index (χ3n) is 4.26. The molecule has 2 nitrogen and oxygen atoms in total. The van der Waals surface area contributed by atoms with Gasteiger partial charge >= 0.3 is 0 Å². The minimum Gasteiger partial charge on any atom is -0.304 e. The van der Waals surface area contributed by atoms with E-state index in [0.717, 1.165) is 24.9 Å². The SMILES string of the molecule is CCCC[C@H]1C(=O)N(c2ccccc2)[C@H]1c1ccccc1. The summed E-state index contributed by atoms with van der Waals surface area (Å²) in [5.74, 6) is 0.399. The van der Waals surface area contributed by atoms with Crippen LogP contribution in [0.3, 0.4) is 0 Å². The van der Waals surface area contributed by atoms with Crippen molar-refractivity contribution in [3.05, 3.63) is 66.2 Å². The van der Waals surface area contributed by atoms with E-state index in [1.165, 1.54) is 5.56 Å². The maximum Gasteiger partial charge on any atom is 0.233 e. The second kappa shape index (κ2) is 6.13. The summed E-state index contributed by atoms with van der Waals surface area (Å²) in [7, 11) is 0. The number of hydrogen-bond donors (Lipinski definition) is 0. The molecule has 2 atom stereocenters. The van der Waals surface area contributed by atoms with E-state index >= 15 is 0 Å². The van der Waals surface area contributed by atoms with Gasteiger partial charge in [-0.25, -0.2) is 0 Å². The van der Waals surface area contributed by atoms with Gasteiger partial charge in [-0.1, -0.05) is 68.3 Å². The first-order chi connectivity index (χ1) is 10.3. The Kier molecular flexibility index (Phi) is 4.05. The molecule has 3 rings (SSSR count). The Morgan fingerprint density at radius 3 is 2.19 bits per heavy atom. The van der Waals surface area contributed by atoms with Crippen LogP contribution in [0.4, 0.5) is 5.69 Å². The number of rotatable bonds is 5. The van der Waals surface area contributed by atoms with Gasteiger partial charge in [-0.3, -0.25) is 4.79 Å². The van der Waals surface area contributed by atoms with E-state index < -0.39 is 0 Å². The number of β-lactam (4-membered cyclic amide) rings is 1. The zero-order valence-electron chi connectivity index (χ0n) is 12.4. The molecular formula is C19H21NO. The van der Waals surface area contributed by atoms with Crippen molar-refractivity contribution in [2.75, 3.05) is 4.90 Å². The lowest BCUT2D eigenvalue weighted by atomic mass is 9.79. The van der Waals surface area contributed by atoms with Crippen molar-refractivity contribution < 1.29 is 4.79 Å². The van der Waals surface area contributed by atoms with Gasteiger partial charge < -0.3 is 4.90 Å². The number of carbonyl (C=O) groups is 1. The molecule has 2 heteroatoms. The first-order valence-corrected chi connectivity index (χ1v) is 7.76. The highest BCUT2D eigenvalue weighted by Crippen LogP contribution is 2.45. The molecular weight excluding hydrogens is 258 g/mol. The molecule has 2 aromatic carbocycles. The van der Waals surface area contributed by atoms with Crippen molar-refractivity contribution in [2.45, 2.75) is 32.2 Å². The number of benzene rings is 2. The summed E-state index contributed by atoms with van der Waals surface area (Å²) in [5.41, 5.74) is 2.24. The second-order valence-corrected chi connectivity index (χ2v) is 5.65. The molecule has 0 radical (unpaired) electrons. The van der Waals surface area contributed by atoms with E-state index in [9.17, 15) is 4.79 Å². The first kappa shape index (κ1) is 13.9. The lowest BCUT2D eigenvalue weighted by Crippen LogP contribution is -2.55. The first-order valence-electron chi connectivity index (χ1n) is 7.76. The molecule has 0 saturated carbocycles. The van der Waals surface area contributed by atoms with E-state index in [0.29, 0.717) is 0 Å². The van der Waals surface area contributed by atoms with Gasteiger partial charge in [-0.15, -0.1) is 0 Å². The lowest BCUT2D eigenvalue weighted by molar-refractivity contribution is -0.130. The van der Waals surface area contributed by atoms with E-state index in [-0.39, 0.29) is 17.9 Å². The number of carbonyl (C=O) groups excluding carboxylic acids is 1. The van der Waals surface area contributed by atoms with Gasteiger partial charge in [0.2, 0.25) is 5.91 Å². The molecule has 1 fully saturated rings. The predicted octanol–water partition coefficient (Wildman–Crippen LogP) is 4.58. The van der Waals surface area contributed by atoms with Crippen LogP contribution in [-0.4, -0.2) is 5.91 Å². The van der Waals surface area contributed by atoms with Gasteiger partial charge in [0.05, 0.1) is 12.0 Å². The van der Waals surface area contributed by atoms with Crippen LogP contribution in [0.1, 0.15) is 37.8 Å². The molecule has 1 aliphatic heterocycles. The molecule has 0 spiro atoms. The molecule has 0 N–H and O–H groups in total. The monoisotopic (exact) mass is 279 g/mol. The van der Waals surface area contributed by atoms with Crippen molar-refractivity contribution in [1.29, 1.82) is 0 Å². The molecule has 0 aliphatic carbocycles. The summed E-state index contributed by atoms with van der Waals surface area (Å²) in [5, 5.41) is 0. The smallest absolute Gasteiger partial charge is 0.233 e. The summed E-state index contributed by atoms with van der Waals surface area (Å²) >= 11 is 0. The Balaban J connectivity index is 1.91. The van der Waals surface area contributed by atoms with Crippen LogP contribution >= 0.6 is 0 Å². The van der Waals surface area contributed by atoms with Crippen LogP contribution in [0.15, 0.2) is 60.7 Å². The average Bonchev–Trinajstić information content (AvgIpc) is 2.54. The Bertz CT molecular complexity index is 593. The van der Waals surface area contributed by atoms with Crippen LogP contribution < -0.4 is 4.90 Å². The Labute approximate surface area is 126 Å². The van der Waals surface area contributed by atoms with Crippen molar-refractivity contribution in [3.63, 3.8) is 0 Å². The number of para-hydroxylation sites is 1. The number of unbranched alkanes of at least 4 members (excludes halogenated alkanes) is 1. The van der Waals surface area contributed by atoms with Gasteiger partial charge in [0.15, 0.2) is 0 Å². The van der Waals surface area contributed by atoms with Crippen LogP contribution in [0, 0.1) is 5.92 Å². The normalized spacial score (nSPS) is 21.2. The fourth-order valence-corrected chi connectivity index (χ4v) is 3.16. The van der Waals surface area contributed by atoms with Gasteiger partial charge in [-0.2, -0.15) is 0 Å². The van der Waals surface area contributed by atoms with Crippen molar-refractivity contribution in [2.24, 2.45) is 5.92 Å². The second-order valence-electron chi connectivity index (χ2n) is 5.65. The van der Waals surface area contributed by atoms with Crippen LogP contribution in [0.2, 0.25) is 0 Å². The Morgan fingerprint density at radius 1 is 0.952 bits per heavy atom. The zero-order valence-corrected chi connectivity index (χ0v) is 12.4. The number of anilines is 1. The van der Waals surface area contributed by atoms with Crippen LogP contribution in [0.5, 0.6) is 0 Å². The molecule has 0 unspecified atom stereocenters. The zero-order chi connectivity index (χ0) is 14.7. The topological polar surface area (TPSA) is 20.3 Å². The number of hydrogen-bond acceptors (Lipinski definition) is 1. The highest BCUT2D eigenvalue weighted by atomic mass is 16.2. The molecule has 1 amide bonds. The molecule has 21 heavy (non-hydrogen) atoms. The van der Waals surface area contributed by atoms with E-state index in [1.807, 2.05) is 41.3 Å². The van der Waals surface area contributed by atoms with E-state index in [2.05, 4.69) is 31.2 Å². The van der Waals surface area contributed by atoms with Crippen LogP contribution in [0.25, 0.3) is 0 Å². The van der Waals surface area contributed by atoms with Gasteiger partial charge in [0.25, 0.3) is 0 Å². The maximum absolute atomic E-state index is 12.6. The Morgan fingerprint density at radius 2 is 1.57 bits per heavy atom. The highest BCUT2D eigenvalue weighted by molar-refractivity contribution is 6.03. The number of amides is 1. The minimum atomic E-state index is 0.132. The largest absolute Gasteiger partial charge is 0.304 e. The van der Waals surface area contributed by atoms with Gasteiger partial charge in [0, 0.05) is 5.69 Å². The summed E-state index contributed by atoms with van der Waals surface area (Å²) < 4.78 is 0. The Hall–Kier alpha value is -2.09. The van der Waals surface area contributed by atoms with Crippen LogP contribution in [-0.2, 0) is 4.79 Å². The molecule has 0 bridgehead atoms. The van der Waals surface area contributed by atoms with Crippen molar-refractivity contribution >= 4 is 11.6 Å². The summed E-state index contributed by atoms with van der Waals surface area (Å²) in [6.45, 7) is 2.18. The fraction of sp³-hybridized carbons (Fsp3) is 0.316. The molecule has 1 saturated heterocycles. The third-order valence-corrected chi connectivity index (χ3v) is 4.26. The molecule has 1 heterocycles. The third kappa shape index (κ3) is 2.58. The maximum atomic E-state index is 12.6. The molecule has 2 aromatic rings. The summed E-state index contributed by atoms with van der Waals surface area (Å²) in [6.07, 6.45) is 3.23. The summed E-state index contributed by atoms with van der Waals surface area (Å²) in [6, 6.07) is 20.6. The van der Waals surface area contributed by atoms with E-state index in [4.69, 9.17) is 0 Å². The predicted molar refractivity (Wildman–Crippen MR) is 86.1 cm³/mol. The van der Waals surface area contributed by atoms with Crippen molar-refractivity contribution in [3.8, 4) is 0 Å². The quantitative estimate of drug-likeness (QED) is 0.733. The summed E-state index contributed by atoms with van der Waals surface area (Å²) in [4.78, 5) is 14.5. The van der Waals surface area contributed by atoms with Crippen molar-refractivity contribution in [1.82, 2.24) is 0 Å². The minimum absolute atomic E-state index is 0.132. The number of nitrogens with zero attached hydrogens (tertiary/aromatic N) is 1. The molecule has 1 aliphatic rings.